The van der Waals surface area contributed by atoms with Crippen LogP contribution in [0.25, 0.3) is 0 Å². The summed E-state index contributed by atoms with van der Waals surface area (Å²) < 4.78 is 0. The standard InChI is InChI=1S/C12H21N3O2/c1-4-12(5-2,9-16)8-15(3)11(17)10-6-13-14-7-10/h6-7,16H,4-5,8-9H2,1-3H3,(H,13,14). The Bertz CT molecular complexity index is 336. The smallest absolute Gasteiger partial charge is 0.256 e. The molecule has 1 aromatic rings. The molecule has 0 fully saturated rings. The number of aliphatic hydroxyl groups is 1. The molecule has 0 saturated carbocycles. The summed E-state index contributed by atoms with van der Waals surface area (Å²) in [5.74, 6) is -0.0709. The number of rotatable bonds is 6. The van der Waals surface area contributed by atoms with Crippen molar-refractivity contribution in [1.29, 1.82) is 0 Å². The molecule has 0 bridgehead atoms. The Balaban J connectivity index is 2.71. The molecule has 0 saturated heterocycles. The van der Waals surface area contributed by atoms with Crippen molar-refractivity contribution in [2.45, 2.75) is 26.7 Å². The Morgan fingerprint density at radius 2 is 2.18 bits per heavy atom. The van der Waals surface area contributed by atoms with Gasteiger partial charge in [0.15, 0.2) is 0 Å². The van der Waals surface area contributed by atoms with Gasteiger partial charge in [-0.05, 0) is 12.8 Å². The van der Waals surface area contributed by atoms with Crippen molar-refractivity contribution in [1.82, 2.24) is 15.1 Å². The van der Waals surface area contributed by atoms with Crippen molar-refractivity contribution in [3.05, 3.63) is 18.0 Å². The van der Waals surface area contributed by atoms with Crippen LogP contribution >= 0.6 is 0 Å². The van der Waals surface area contributed by atoms with Gasteiger partial charge in [-0.25, -0.2) is 0 Å². The molecule has 0 aliphatic carbocycles. The molecule has 5 heteroatoms. The van der Waals surface area contributed by atoms with Crippen LogP contribution in [0.5, 0.6) is 0 Å². The number of carbonyl (C=O) groups is 1. The molecule has 0 radical (unpaired) electrons. The number of hydrogen-bond acceptors (Lipinski definition) is 3. The van der Waals surface area contributed by atoms with Gasteiger partial charge in [-0.1, -0.05) is 13.8 Å². The minimum Gasteiger partial charge on any atom is -0.396 e. The first-order chi connectivity index (χ1) is 8.08. The van der Waals surface area contributed by atoms with E-state index in [-0.39, 0.29) is 17.9 Å². The zero-order chi connectivity index (χ0) is 12.9. The number of amides is 1. The van der Waals surface area contributed by atoms with Crippen molar-refractivity contribution < 1.29 is 9.90 Å². The van der Waals surface area contributed by atoms with Crippen LogP contribution in [-0.4, -0.2) is 46.3 Å². The third-order valence-corrected chi connectivity index (χ3v) is 3.50. The SMILES string of the molecule is CCC(CC)(CO)CN(C)C(=O)c1cn[nH]c1. The van der Waals surface area contributed by atoms with Crippen LogP contribution in [0, 0.1) is 5.41 Å². The molecule has 1 heterocycles. The van der Waals surface area contributed by atoms with Crippen LogP contribution in [0.4, 0.5) is 0 Å². The molecule has 96 valence electrons. The Morgan fingerprint density at radius 1 is 1.53 bits per heavy atom. The van der Waals surface area contributed by atoms with Gasteiger partial charge in [0.25, 0.3) is 5.91 Å². The number of nitrogens with zero attached hydrogens (tertiary/aromatic N) is 2. The lowest BCUT2D eigenvalue weighted by molar-refractivity contribution is 0.0545. The molecule has 17 heavy (non-hydrogen) atoms. The maximum Gasteiger partial charge on any atom is 0.256 e. The van der Waals surface area contributed by atoms with Gasteiger partial charge in [0, 0.05) is 25.2 Å². The molecular formula is C12H21N3O2. The van der Waals surface area contributed by atoms with E-state index in [9.17, 15) is 9.90 Å². The van der Waals surface area contributed by atoms with Crippen molar-refractivity contribution in [2.75, 3.05) is 20.2 Å². The van der Waals surface area contributed by atoms with E-state index in [1.54, 1.807) is 18.1 Å². The van der Waals surface area contributed by atoms with E-state index in [4.69, 9.17) is 0 Å². The molecular weight excluding hydrogens is 218 g/mol. The highest BCUT2D eigenvalue weighted by molar-refractivity contribution is 5.93. The minimum atomic E-state index is -0.200. The molecule has 0 aliphatic rings. The summed E-state index contributed by atoms with van der Waals surface area (Å²) in [6.45, 7) is 4.73. The number of carbonyl (C=O) groups excluding carboxylic acids is 1. The van der Waals surface area contributed by atoms with E-state index >= 15 is 0 Å². The fraction of sp³-hybridized carbons (Fsp3) is 0.667. The summed E-state index contributed by atoms with van der Waals surface area (Å²) in [7, 11) is 1.76. The largest absolute Gasteiger partial charge is 0.396 e. The predicted molar refractivity (Wildman–Crippen MR) is 65.6 cm³/mol. The lowest BCUT2D eigenvalue weighted by Gasteiger charge is -2.33. The molecule has 0 aromatic carbocycles. The van der Waals surface area contributed by atoms with Gasteiger partial charge < -0.3 is 10.0 Å². The third-order valence-electron chi connectivity index (χ3n) is 3.50. The Hall–Kier alpha value is -1.36. The van der Waals surface area contributed by atoms with E-state index in [2.05, 4.69) is 10.2 Å². The van der Waals surface area contributed by atoms with Crippen LogP contribution in [-0.2, 0) is 0 Å². The highest BCUT2D eigenvalue weighted by atomic mass is 16.3. The molecule has 2 N–H and O–H groups in total. The maximum absolute atomic E-state index is 12.0. The minimum absolute atomic E-state index is 0.0709. The first-order valence-electron chi connectivity index (χ1n) is 5.93. The van der Waals surface area contributed by atoms with E-state index < -0.39 is 0 Å². The van der Waals surface area contributed by atoms with E-state index in [1.165, 1.54) is 6.20 Å². The molecule has 1 rings (SSSR count). The molecule has 5 nitrogen and oxygen atoms in total. The topological polar surface area (TPSA) is 69.2 Å². The van der Waals surface area contributed by atoms with E-state index in [1.807, 2.05) is 13.8 Å². The maximum atomic E-state index is 12.0. The van der Waals surface area contributed by atoms with Crippen molar-refractivity contribution in [3.8, 4) is 0 Å². The summed E-state index contributed by atoms with van der Waals surface area (Å²) in [4.78, 5) is 13.7. The molecule has 0 unspecified atom stereocenters. The summed E-state index contributed by atoms with van der Waals surface area (Å²) in [6, 6.07) is 0. The fourth-order valence-corrected chi connectivity index (χ4v) is 1.91. The van der Waals surface area contributed by atoms with Crippen molar-refractivity contribution in [3.63, 3.8) is 0 Å². The number of hydrogen-bond donors (Lipinski definition) is 2. The zero-order valence-electron chi connectivity index (χ0n) is 10.7. The van der Waals surface area contributed by atoms with Gasteiger partial charge in [0.1, 0.15) is 0 Å². The van der Waals surface area contributed by atoms with Crippen LogP contribution < -0.4 is 0 Å². The van der Waals surface area contributed by atoms with Gasteiger partial charge in [0.05, 0.1) is 18.4 Å². The van der Waals surface area contributed by atoms with Gasteiger partial charge in [-0.15, -0.1) is 0 Å². The molecule has 0 spiro atoms. The Morgan fingerprint density at radius 3 is 2.59 bits per heavy atom. The van der Waals surface area contributed by atoms with Gasteiger partial charge >= 0.3 is 0 Å². The lowest BCUT2D eigenvalue weighted by Crippen LogP contribution is -2.40. The molecule has 1 aromatic heterocycles. The normalized spacial score (nSPS) is 11.5. The van der Waals surface area contributed by atoms with Crippen molar-refractivity contribution >= 4 is 5.91 Å². The predicted octanol–water partition coefficient (Wildman–Crippen LogP) is 1.28. The molecule has 1 amide bonds. The summed E-state index contributed by atoms with van der Waals surface area (Å²) in [5.41, 5.74) is 0.347. The summed E-state index contributed by atoms with van der Waals surface area (Å²) >= 11 is 0. The second kappa shape index (κ2) is 5.82. The molecule has 0 atom stereocenters. The second-order valence-corrected chi connectivity index (χ2v) is 4.51. The number of aromatic amines is 1. The van der Waals surface area contributed by atoms with E-state index in [0.29, 0.717) is 12.1 Å². The third kappa shape index (κ3) is 3.06. The summed E-state index contributed by atoms with van der Waals surface area (Å²) in [6.07, 6.45) is 4.79. The fourth-order valence-electron chi connectivity index (χ4n) is 1.91. The quantitative estimate of drug-likeness (QED) is 0.785. The number of H-pyrrole nitrogens is 1. The first kappa shape index (κ1) is 13.7. The summed E-state index contributed by atoms with van der Waals surface area (Å²) in [5, 5.41) is 15.9. The zero-order valence-corrected chi connectivity index (χ0v) is 10.7. The monoisotopic (exact) mass is 239 g/mol. The lowest BCUT2D eigenvalue weighted by atomic mass is 9.82. The number of aromatic nitrogens is 2. The highest BCUT2D eigenvalue weighted by Gasteiger charge is 2.29. The van der Waals surface area contributed by atoms with Crippen LogP contribution in [0.3, 0.4) is 0 Å². The van der Waals surface area contributed by atoms with Gasteiger partial charge in [-0.2, -0.15) is 5.10 Å². The molecule has 0 aliphatic heterocycles. The van der Waals surface area contributed by atoms with Crippen molar-refractivity contribution in [2.24, 2.45) is 5.41 Å². The Labute approximate surface area is 102 Å². The second-order valence-electron chi connectivity index (χ2n) is 4.51. The van der Waals surface area contributed by atoms with Crippen LogP contribution in [0.1, 0.15) is 37.0 Å². The highest BCUT2D eigenvalue weighted by Crippen LogP contribution is 2.26. The van der Waals surface area contributed by atoms with Crippen LogP contribution in [0.15, 0.2) is 12.4 Å². The number of aliphatic hydroxyl groups excluding tert-OH is 1. The van der Waals surface area contributed by atoms with Crippen LogP contribution in [0.2, 0.25) is 0 Å². The van der Waals surface area contributed by atoms with E-state index in [0.717, 1.165) is 12.8 Å². The number of nitrogens with one attached hydrogen (secondary N) is 1. The Kier molecular flexibility index (Phi) is 4.69. The average Bonchev–Trinajstić information content (AvgIpc) is 2.88. The van der Waals surface area contributed by atoms with Gasteiger partial charge in [-0.3, -0.25) is 9.89 Å². The van der Waals surface area contributed by atoms with Gasteiger partial charge in [0.2, 0.25) is 0 Å². The first-order valence-corrected chi connectivity index (χ1v) is 5.93. The average molecular weight is 239 g/mol.